The lowest BCUT2D eigenvalue weighted by Crippen LogP contribution is -2.29. The molecule has 1 aliphatic rings. The molecule has 0 bridgehead atoms. The van der Waals surface area contributed by atoms with Crippen LogP contribution in [0, 0.1) is 6.92 Å². The molecule has 1 unspecified atom stereocenters. The first-order valence-electron chi connectivity index (χ1n) is 5.28. The zero-order valence-corrected chi connectivity index (χ0v) is 10.8. The van der Waals surface area contributed by atoms with Crippen LogP contribution in [-0.2, 0) is 4.79 Å². The molecule has 2 N–H and O–H groups in total. The van der Waals surface area contributed by atoms with Crippen molar-refractivity contribution in [2.75, 3.05) is 6.54 Å². The van der Waals surface area contributed by atoms with Crippen molar-refractivity contribution >= 4 is 21.9 Å². The summed E-state index contributed by atoms with van der Waals surface area (Å²) in [6.45, 7) is 2.93. The number of carboxylic acid groups (broad SMARTS) is 1. The van der Waals surface area contributed by atoms with Crippen LogP contribution >= 0.6 is 15.9 Å². The largest absolute Gasteiger partial charge is 0.480 e. The molecule has 1 aromatic carbocycles. The maximum atomic E-state index is 10.1. The second kappa shape index (κ2) is 6.66. The fraction of sp³-hybridized carbons (Fsp3) is 0.417. The van der Waals surface area contributed by atoms with Crippen LogP contribution in [0.1, 0.15) is 18.4 Å². The Bertz CT molecular complexity index is 310. The van der Waals surface area contributed by atoms with Crippen molar-refractivity contribution in [1.29, 1.82) is 0 Å². The smallest absolute Gasteiger partial charge is 0.320 e. The number of carboxylic acids is 1. The Balaban J connectivity index is 0.000000160. The Morgan fingerprint density at radius 3 is 2.38 bits per heavy atom. The highest BCUT2D eigenvalue weighted by Gasteiger charge is 2.20. The minimum atomic E-state index is -0.720. The van der Waals surface area contributed by atoms with Gasteiger partial charge in [0.1, 0.15) is 6.04 Å². The van der Waals surface area contributed by atoms with Crippen LogP contribution in [0.2, 0.25) is 0 Å². The zero-order chi connectivity index (χ0) is 12.0. The van der Waals surface area contributed by atoms with Gasteiger partial charge in [-0.1, -0.05) is 33.6 Å². The third-order valence-corrected chi connectivity index (χ3v) is 2.90. The maximum Gasteiger partial charge on any atom is 0.320 e. The number of aliphatic carboxylic acids is 1. The first-order chi connectivity index (χ1) is 7.59. The average Bonchev–Trinajstić information content (AvgIpc) is 2.77. The number of hydrogen-bond acceptors (Lipinski definition) is 2. The predicted molar refractivity (Wildman–Crippen MR) is 67.5 cm³/mol. The third-order valence-electron chi connectivity index (χ3n) is 2.37. The van der Waals surface area contributed by atoms with Gasteiger partial charge in [0.05, 0.1) is 0 Å². The van der Waals surface area contributed by atoms with Gasteiger partial charge in [-0.25, -0.2) is 0 Å². The number of benzene rings is 1. The predicted octanol–water partition coefficient (Wildman–Crippen LogP) is 2.58. The monoisotopic (exact) mass is 285 g/mol. The molecule has 4 heteroatoms. The fourth-order valence-electron chi connectivity index (χ4n) is 1.43. The Morgan fingerprint density at radius 2 is 2.06 bits per heavy atom. The van der Waals surface area contributed by atoms with E-state index in [0.29, 0.717) is 0 Å². The van der Waals surface area contributed by atoms with Gasteiger partial charge in [-0.05, 0) is 38.4 Å². The van der Waals surface area contributed by atoms with Crippen molar-refractivity contribution in [3.05, 3.63) is 34.3 Å². The molecule has 88 valence electrons. The second-order valence-electron chi connectivity index (χ2n) is 3.78. The third kappa shape index (κ3) is 4.77. The average molecular weight is 286 g/mol. The van der Waals surface area contributed by atoms with Crippen LogP contribution in [0.4, 0.5) is 0 Å². The van der Waals surface area contributed by atoms with Gasteiger partial charge in [0.15, 0.2) is 0 Å². The van der Waals surface area contributed by atoms with E-state index < -0.39 is 5.97 Å². The number of carbonyl (C=O) groups is 1. The molecular weight excluding hydrogens is 270 g/mol. The molecule has 0 saturated carbocycles. The SMILES string of the molecule is Cc1ccc(Br)cc1.O=C(O)C1CCCN1. The van der Waals surface area contributed by atoms with Crippen LogP contribution in [0.5, 0.6) is 0 Å². The van der Waals surface area contributed by atoms with Gasteiger partial charge in [-0.15, -0.1) is 0 Å². The van der Waals surface area contributed by atoms with Crippen molar-refractivity contribution in [1.82, 2.24) is 5.32 Å². The number of halogens is 1. The Morgan fingerprint density at radius 1 is 1.44 bits per heavy atom. The lowest BCUT2D eigenvalue weighted by molar-refractivity contribution is -0.139. The molecule has 0 amide bonds. The van der Waals surface area contributed by atoms with Gasteiger partial charge in [-0.2, -0.15) is 0 Å². The van der Waals surface area contributed by atoms with E-state index in [4.69, 9.17) is 5.11 Å². The fourth-order valence-corrected chi connectivity index (χ4v) is 1.69. The maximum absolute atomic E-state index is 10.1. The molecular formula is C12H16BrNO2. The topological polar surface area (TPSA) is 49.3 Å². The molecule has 1 aromatic rings. The summed E-state index contributed by atoms with van der Waals surface area (Å²) in [6, 6.07) is 7.95. The summed E-state index contributed by atoms with van der Waals surface area (Å²) in [5.41, 5.74) is 1.30. The van der Waals surface area contributed by atoms with Crippen LogP contribution in [0.3, 0.4) is 0 Å². The molecule has 0 aliphatic carbocycles. The quantitative estimate of drug-likeness (QED) is 0.834. The summed E-state index contributed by atoms with van der Waals surface area (Å²) in [5, 5.41) is 11.2. The molecule has 0 aromatic heterocycles. The van der Waals surface area contributed by atoms with Crippen molar-refractivity contribution in [2.24, 2.45) is 0 Å². The molecule has 0 radical (unpaired) electrons. The normalized spacial score (nSPS) is 18.8. The Hall–Kier alpha value is -0.870. The number of nitrogens with one attached hydrogen (secondary N) is 1. The zero-order valence-electron chi connectivity index (χ0n) is 9.24. The van der Waals surface area contributed by atoms with Gasteiger partial charge in [0.25, 0.3) is 0 Å². The number of hydrogen-bond donors (Lipinski definition) is 2. The summed E-state index contributed by atoms with van der Waals surface area (Å²) in [4.78, 5) is 10.1. The molecule has 1 saturated heterocycles. The Kier molecular flexibility index (Phi) is 5.49. The van der Waals surface area contributed by atoms with Crippen LogP contribution in [-0.4, -0.2) is 23.7 Å². The van der Waals surface area contributed by atoms with Gasteiger partial charge < -0.3 is 10.4 Å². The minimum Gasteiger partial charge on any atom is -0.480 e. The first kappa shape index (κ1) is 13.2. The van der Waals surface area contributed by atoms with E-state index >= 15 is 0 Å². The highest BCUT2D eigenvalue weighted by Crippen LogP contribution is 2.08. The second-order valence-corrected chi connectivity index (χ2v) is 4.70. The number of rotatable bonds is 1. The molecule has 1 heterocycles. The minimum absolute atomic E-state index is 0.269. The van der Waals surface area contributed by atoms with Crippen LogP contribution < -0.4 is 5.32 Å². The van der Waals surface area contributed by atoms with E-state index in [-0.39, 0.29) is 6.04 Å². The van der Waals surface area contributed by atoms with Gasteiger partial charge in [0.2, 0.25) is 0 Å². The van der Waals surface area contributed by atoms with Crippen LogP contribution in [0.15, 0.2) is 28.7 Å². The van der Waals surface area contributed by atoms with Gasteiger partial charge in [0, 0.05) is 4.47 Å². The van der Waals surface area contributed by atoms with Gasteiger partial charge in [-0.3, -0.25) is 4.79 Å². The first-order valence-corrected chi connectivity index (χ1v) is 6.07. The van der Waals surface area contributed by atoms with E-state index in [2.05, 4.69) is 40.3 Å². The highest BCUT2D eigenvalue weighted by atomic mass is 79.9. The lowest BCUT2D eigenvalue weighted by atomic mass is 10.2. The summed E-state index contributed by atoms with van der Waals surface area (Å²) in [7, 11) is 0. The highest BCUT2D eigenvalue weighted by molar-refractivity contribution is 9.10. The summed E-state index contributed by atoms with van der Waals surface area (Å²) < 4.78 is 1.14. The summed E-state index contributed by atoms with van der Waals surface area (Å²) in [5.74, 6) is -0.720. The standard InChI is InChI=1S/C7H7Br.C5H9NO2/c1-6-2-4-7(8)5-3-6;7-5(8)4-2-1-3-6-4/h2-5H,1H3;4,6H,1-3H2,(H,7,8). The van der Waals surface area contributed by atoms with Crippen molar-refractivity contribution in [3.8, 4) is 0 Å². The Labute approximate surface area is 104 Å². The molecule has 1 atom stereocenters. The van der Waals surface area contributed by atoms with E-state index in [9.17, 15) is 4.79 Å². The van der Waals surface area contributed by atoms with E-state index in [1.165, 1.54) is 5.56 Å². The van der Waals surface area contributed by atoms with Crippen molar-refractivity contribution < 1.29 is 9.90 Å². The van der Waals surface area contributed by atoms with Gasteiger partial charge >= 0.3 is 5.97 Å². The molecule has 3 nitrogen and oxygen atoms in total. The van der Waals surface area contributed by atoms with E-state index in [0.717, 1.165) is 23.9 Å². The lowest BCUT2D eigenvalue weighted by Gasteiger charge is -1.99. The van der Waals surface area contributed by atoms with E-state index in [1.54, 1.807) is 0 Å². The van der Waals surface area contributed by atoms with E-state index in [1.807, 2.05) is 12.1 Å². The van der Waals surface area contributed by atoms with Crippen molar-refractivity contribution in [3.63, 3.8) is 0 Å². The summed E-state index contributed by atoms with van der Waals surface area (Å²) >= 11 is 3.35. The van der Waals surface area contributed by atoms with Crippen molar-refractivity contribution in [2.45, 2.75) is 25.8 Å². The van der Waals surface area contributed by atoms with Crippen LogP contribution in [0.25, 0.3) is 0 Å². The molecule has 2 rings (SSSR count). The number of aryl methyl sites for hydroxylation is 1. The molecule has 1 aliphatic heterocycles. The summed E-state index contributed by atoms with van der Waals surface area (Å²) in [6.07, 6.45) is 1.78. The molecule has 16 heavy (non-hydrogen) atoms. The molecule has 0 spiro atoms. The molecule has 1 fully saturated rings.